The molecule has 0 saturated carbocycles. The monoisotopic (exact) mass is 337 g/mol. The maximum Gasteiger partial charge on any atom is 0.252 e. The summed E-state index contributed by atoms with van der Waals surface area (Å²) < 4.78 is 5.50. The Labute approximate surface area is 143 Å². The summed E-state index contributed by atoms with van der Waals surface area (Å²) in [7, 11) is 0. The molecule has 0 unspecified atom stereocenters. The molecule has 1 N–H and O–H groups in total. The number of ether oxygens (including phenoxy) is 1. The summed E-state index contributed by atoms with van der Waals surface area (Å²) in [6.07, 6.45) is 3.94. The zero-order chi connectivity index (χ0) is 16.5. The van der Waals surface area contributed by atoms with Gasteiger partial charge >= 0.3 is 0 Å². The van der Waals surface area contributed by atoms with E-state index in [-0.39, 0.29) is 12.0 Å². The largest absolute Gasteiger partial charge is 0.376 e. The predicted octanol–water partition coefficient (Wildman–Crippen LogP) is 2.42. The molecule has 23 heavy (non-hydrogen) atoms. The lowest BCUT2D eigenvalue weighted by Gasteiger charge is -2.17. The molecule has 1 saturated heterocycles. The van der Waals surface area contributed by atoms with Crippen molar-refractivity contribution < 1.29 is 9.53 Å². The van der Waals surface area contributed by atoms with E-state index in [2.05, 4.69) is 29.0 Å². The summed E-state index contributed by atoms with van der Waals surface area (Å²) in [5.41, 5.74) is 0.607. The molecule has 5 nitrogen and oxygen atoms in total. The molecule has 0 bridgehead atoms. The van der Waals surface area contributed by atoms with Gasteiger partial charge in [-0.3, -0.25) is 4.79 Å². The number of rotatable bonds is 9. The minimum absolute atomic E-state index is 0.0762. The van der Waals surface area contributed by atoms with Crippen LogP contribution in [0.2, 0.25) is 0 Å². The number of carbonyl (C=O) groups excluding carboxylic acids is 1. The van der Waals surface area contributed by atoms with Gasteiger partial charge in [0.25, 0.3) is 5.91 Å². The van der Waals surface area contributed by atoms with E-state index in [4.69, 9.17) is 4.74 Å². The third kappa shape index (κ3) is 6.12. The number of hydrogen-bond donors (Lipinski definition) is 1. The minimum atomic E-state index is -0.0762. The van der Waals surface area contributed by atoms with Gasteiger partial charge in [-0.25, -0.2) is 4.98 Å². The first kappa shape index (κ1) is 18.2. The summed E-state index contributed by atoms with van der Waals surface area (Å²) >= 11 is 1.73. The summed E-state index contributed by atoms with van der Waals surface area (Å²) in [5, 5.41) is 3.88. The van der Waals surface area contributed by atoms with Crippen molar-refractivity contribution in [1.82, 2.24) is 15.2 Å². The highest BCUT2D eigenvalue weighted by molar-refractivity contribution is 7.99. The average Bonchev–Trinajstić information content (AvgIpc) is 3.11. The van der Waals surface area contributed by atoms with Gasteiger partial charge in [0.05, 0.1) is 16.7 Å². The second-order valence-corrected chi connectivity index (χ2v) is 6.72. The number of amides is 1. The number of nitrogens with zero attached hydrogens (tertiary/aromatic N) is 2. The number of hydrogen-bond acceptors (Lipinski definition) is 5. The van der Waals surface area contributed by atoms with Crippen LogP contribution in [0.1, 0.15) is 37.0 Å². The Balaban J connectivity index is 1.73. The third-order valence-corrected chi connectivity index (χ3v) is 4.99. The zero-order valence-corrected chi connectivity index (χ0v) is 14.9. The molecule has 1 amide bonds. The maximum atomic E-state index is 12.1. The molecule has 1 aliphatic rings. The molecule has 128 valence electrons. The molecule has 2 rings (SSSR count). The summed E-state index contributed by atoms with van der Waals surface area (Å²) in [4.78, 5) is 18.8. The van der Waals surface area contributed by atoms with Crippen molar-refractivity contribution in [3.05, 3.63) is 23.9 Å². The molecule has 1 aromatic rings. The number of nitrogens with one attached hydrogen (secondary N) is 1. The molecule has 0 aromatic carbocycles. The first-order chi connectivity index (χ1) is 11.2. The van der Waals surface area contributed by atoms with E-state index in [1.54, 1.807) is 18.0 Å². The van der Waals surface area contributed by atoms with E-state index in [0.717, 1.165) is 49.9 Å². The van der Waals surface area contributed by atoms with E-state index < -0.39 is 0 Å². The lowest BCUT2D eigenvalue weighted by Crippen LogP contribution is -2.31. The van der Waals surface area contributed by atoms with Gasteiger partial charge in [-0.15, -0.1) is 11.8 Å². The zero-order valence-electron chi connectivity index (χ0n) is 14.1. The SMILES string of the molecule is CCN(CC)CCSc1ccc(C(=O)NC[C@H]2CCCO2)cn1. The maximum absolute atomic E-state index is 12.1. The van der Waals surface area contributed by atoms with Crippen LogP contribution in [0.4, 0.5) is 0 Å². The van der Waals surface area contributed by atoms with Crippen LogP contribution in [0.25, 0.3) is 0 Å². The third-order valence-electron chi connectivity index (χ3n) is 4.06. The fourth-order valence-corrected chi connectivity index (χ4v) is 3.38. The van der Waals surface area contributed by atoms with Crippen LogP contribution in [0.15, 0.2) is 23.4 Å². The molecule has 1 fully saturated rings. The first-order valence-corrected chi connectivity index (χ1v) is 9.42. The quantitative estimate of drug-likeness (QED) is 0.702. The normalized spacial score (nSPS) is 17.6. The molecule has 1 aliphatic heterocycles. The number of aromatic nitrogens is 1. The summed E-state index contributed by atoms with van der Waals surface area (Å²) in [6, 6.07) is 3.77. The van der Waals surface area contributed by atoms with Crippen LogP contribution >= 0.6 is 11.8 Å². The van der Waals surface area contributed by atoms with Crippen molar-refractivity contribution in [1.29, 1.82) is 0 Å². The van der Waals surface area contributed by atoms with Crippen molar-refractivity contribution in [2.75, 3.05) is 38.5 Å². The van der Waals surface area contributed by atoms with Crippen molar-refractivity contribution >= 4 is 17.7 Å². The summed E-state index contributed by atoms with van der Waals surface area (Å²) in [6.45, 7) is 8.96. The first-order valence-electron chi connectivity index (χ1n) is 8.44. The Morgan fingerprint density at radius 2 is 2.26 bits per heavy atom. The standard InChI is InChI=1S/C17H27N3O2S/c1-3-20(4-2)9-11-23-16-8-7-14(12-18-16)17(21)19-13-15-6-5-10-22-15/h7-8,12,15H,3-6,9-11,13H2,1-2H3,(H,19,21)/t15-/m1/s1. The molecule has 2 heterocycles. The van der Waals surface area contributed by atoms with Crippen LogP contribution in [-0.2, 0) is 4.74 Å². The fourth-order valence-electron chi connectivity index (χ4n) is 2.53. The average molecular weight is 337 g/mol. The van der Waals surface area contributed by atoms with E-state index >= 15 is 0 Å². The van der Waals surface area contributed by atoms with Crippen molar-refractivity contribution in [2.24, 2.45) is 0 Å². The highest BCUT2D eigenvalue weighted by Gasteiger charge is 2.16. The molecule has 0 radical (unpaired) electrons. The molecular formula is C17H27N3O2S. The Morgan fingerprint density at radius 3 is 2.87 bits per heavy atom. The Hall–Kier alpha value is -1.11. The van der Waals surface area contributed by atoms with Gasteiger partial charge in [0.15, 0.2) is 0 Å². The van der Waals surface area contributed by atoms with E-state index in [0.29, 0.717) is 12.1 Å². The smallest absolute Gasteiger partial charge is 0.252 e. The Morgan fingerprint density at radius 1 is 1.43 bits per heavy atom. The second kappa shape index (κ2) is 9.90. The lowest BCUT2D eigenvalue weighted by atomic mass is 10.2. The molecule has 6 heteroatoms. The minimum Gasteiger partial charge on any atom is -0.376 e. The van der Waals surface area contributed by atoms with Gasteiger partial charge in [0.1, 0.15) is 0 Å². The lowest BCUT2D eigenvalue weighted by molar-refractivity contribution is 0.0857. The van der Waals surface area contributed by atoms with Crippen LogP contribution in [0.3, 0.4) is 0 Å². The number of carbonyl (C=O) groups is 1. The van der Waals surface area contributed by atoms with E-state index in [9.17, 15) is 4.79 Å². The van der Waals surface area contributed by atoms with Gasteiger partial charge < -0.3 is 15.0 Å². The molecule has 1 aromatic heterocycles. The van der Waals surface area contributed by atoms with Crippen LogP contribution < -0.4 is 5.32 Å². The Kier molecular flexibility index (Phi) is 7.85. The highest BCUT2D eigenvalue weighted by Crippen LogP contribution is 2.16. The van der Waals surface area contributed by atoms with Crippen LogP contribution in [0, 0.1) is 0 Å². The van der Waals surface area contributed by atoms with Crippen LogP contribution in [0.5, 0.6) is 0 Å². The molecule has 0 spiro atoms. The number of pyridine rings is 1. The number of thioether (sulfide) groups is 1. The fraction of sp³-hybridized carbons (Fsp3) is 0.647. The van der Waals surface area contributed by atoms with Crippen molar-refractivity contribution in [3.8, 4) is 0 Å². The van der Waals surface area contributed by atoms with E-state index in [1.807, 2.05) is 12.1 Å². The van der Waals surface area contributed by atoms with Crippen molar-refractivity contribution in [3.63, 3.8) is 0 Å². The van der Waals surface area contributed by atoms with Crippen LogP contribution in [-0.4, -0.2) is 60.4 Å². The second-order valence-electron chi connectivity index (χ2n) is 5.61. The van der Waals surface area contributed by atoms with Gasteiger partial charge in [-0.05, 0) is 38.1 Å². The van der Waals surface area contributed by atoms with Gasteiger partial charge in [-0.2, -0.15) is 0 Å². The highest BCUT2D eigenvalue weighted by atomic mass is 32.2. The van der Waals surface area contributed by atoms with Crippen molar-refractivity contribution in [2.45, 2.75) is 37.8 Å². The molecule has 1 atom stereocenters. The van der Waals surface area contributed by atoms with Gasteiger partial charge in [0, 0.05) is 31.6 Å². The van der Waals surface area contributed by atoms with E-state index in [1.165, 1.54) is 0 Å². The Bertz CT molecular complexity index is 471. The molecule has 0 aliphatic carbocycles. The van der Waals surface area contributed by atoms with Gasteiger partial charge in [-0.1, -0.05) is 13.8 Å². The van der Waals surface area contributed by atoms with Gasteiger partial charge in [0.2, 0.25) is 0 Å². The summed E-state index contributed by atoms with van der Waals surface area (Å²) in [5.74, 6) is 0.937. The molecular weight excluding hydrogens is 310 g/mol. The predicted molar refractivity (Wildman–Crippen MR) is 94.1 cm³/mol. The topological polar surface area (TPSA) is 54.5 Å².